The number of alkyl halides is 3. The molecule has 3 rings (SSSR count). The van der Waals surface area contributed by atoms with Crippen LogP contribution in [0.2, 0.25) is 0 Å². The predicted octanol–water partition coefficient (Wildman–Crippen LogP) is 4.03. The number of hydrogen-bond acceptors (Lipinski definition) is 6. The molecule has 0 aliphatic rings. The van der Waals surface area contributed by atoms with Gasteiger partial charge in [0.05, 0.1) is 23.0 Å². The second-order valence-corrected chi connectivity index (χ2v) is 6.82. The zero-order valence-electron chi connectivity index (χ0n) is 16.4. The molecular formula is C18H22ClF3N6O. The first kappa shape index (κ1) is 22.8. The number of halogens is 4. The first-order valence-corrected chi connectivity index (χ1v) is 8.82. The van der Waals surface area contributed by atoms with Gasteiger partial charge in [-0.15, -0.1) is 12.4 Å². The molecule has 158 valence electrons. The maximum absolute atomic E-state index is 12.8. The van der Waals surface area contributed by atoms with Gasteiger partial charge in [-0.1, -0.05) is 19.0 Å². The highest BCUT2D eigenvalue weighted by Gasteiger charge is 2.31. The van der Waals surface area contributed by atoms with Crippen molar-refractivity contribution in [3.63, 3.8) is 0 Å². The van der Waals surface area contributed by atoms with Crippen LogP contribution in [0.25, 0.3) is 17.3 Å². The van der Waals surface area contributed by atoms with Crippen LogP contribution in [0.15, 0.2) is 29.0 Å². The molecule has 1 N–H and O–H groups in total. The third-order valence-corrected chi connectivity index (χ3v) is 4.33. The number of likely N-dealkylation sites (N-methyl/N-ethyl adjacent to an activating group) is 1. The zero-order valence-corrected chi connectivity index (χ0v) is 17.2. The SMILES string of the molecule is CNC(C)Cc1noc(-c2cnn(-c3ccc(C(F)(F)F)cn3)c2C(C)C)n1.Cl. The Balaban J connectivity index is 0.00000300. The van der Waals surface area contributed by atoms with Gasteiger partial charge in [-0.2, -0.15) is 23.3 Å². The lowest BCUT2D eigenvalue weighted by atomic mass is 10.1. The fourth-order valence-electron chi connectivity index (χ4n) is 2.76. The van der Waals surface area contributed by atoms with Crippen molar-refractivity contribution >= 4 is 12.4 Å². The van der Waals surface area contributed by atoms with Crippen LogP contribution in [0.5, 0.6) is 0 Å². The van der Waals surface area contributed by atoms with E-state index in [0.717, 1.165) is 18.0 Å². The molecule has 0 aliphatic carbocycles. The average Bonchev–Trinajstić information content (AvgIpc) is 3.27. The van der Waals surface area contributed by atoms with E-state index in [9.17, 15) is 13.2 Å². The lowest BCUT2D eigenvalue weighted by Gasteiger charge is -2.12. The summed E-state index contributed by atoms with van der Waals surface area (Å²) in [6.07, 6.45) is -1.48. The minimum Gasteiger partial charge on any atom is -0.334 e. The van der Waals surface area contributed by atoms with Crippen LogP contribution in [0, 0.1) is 0 Å². The molecule has 0 bridgehead atoms. The highest BCUT2D eigenvalue weighted by atomic mass is 35.5. The molecule has 1 unspecified atom stereocenters. The number of aromatic nitrogens is 5. The lowest BCUT2D eigenvalue weighted by Crippen LogP contribution is -2.24. The Labute approximate surface area is 172 Å². The van der Waals surface area contributed by atoms with Crippen LogP contribution >= 0.6 is 12.4 Å². The molecule has 11 heteroatoms. The first-order valence-electron chi connectivity index (χ1n) is 8.82. The molecule has 1 atom stereocenters. The van der Waals surface area contributed by atoms with Crippen molar-refractivity contribution in [2.45, 2.75) is 45.3 Å². The Hall–Kier alpha value is -2.46. The Morgan fingerprint density at radius 2 is 1.90 bits per heavy atom. The van der Waals surface area contributed by atoms with Gasteiger partial charge in [0, 0.05) is 18.7 Å². The maximum atomic E-state index is 12.8. The van der Waals surface area contributed by atoms with E-state index in [4.69, 9.17) is 4.52 Å². The minimum atomic E-state index is -4.44. The van der Waals surface area contributed by atoms with Gasteiger partial charge in [0.25, 0.3) is 5.89 Å². The standard InChI is InChI=1S/C18H21F3N6O.ClH/c1-10(2)16-13(17-25-14(26-28-17)7-11(3)22-4)9-24-27(16)15-6-5-12(8-23-15)18(19,20)21;/h5-6,8-11,22H,7H2,1-4H3;1H. The Kier molecular flexibility index (Phi) is 7.02. The van der Waals surface area contributed by atoms with E-state index >= 15 is 0 Å². The largest absolute Gasteiger partial charge is 0.417 e. The van der Waals surface area contributed by atoms with Crippen molar-refractivity contribution in [2.24, 2.45) is 0 Å². The Morgan fingerprint density at radius 3 is 2.45 bits per heavy atom. The van der Waals surface area contributed by atoms with Gasteiger partial charge in [0.1, 0.15) is 0 Å². The number of nitrogens with zero attached hydrogens (tertiary/aromatic N) is 5. The molecule has 3 aromatic rings. The second kappa shape index (κ2) is 8.91. The van der Waals surface area contributed by atoms with Gasteiger partial charge >= 0.3 is 6.18 Å². The molecule has 0 saturated carbocycles. The maximum Gasteiger partial charge on any atom is 0.417 e. The van der Waals surface area contributed by atoms with Crippen LogP contribution in [-0.2, 0) is 12.6 Å². The summed E-state index contributed by atoms with van der Waals surface area (Å²) >= 11 is 0. The van der Waals surface area contributed by atoms with Gasteiger partial charge in [-0.25, -0.2) is 9.67 Å². The van der Waals surface area contributed by atoms with E-state index in [0.29, 0.717) is 23.7 Å². The van der Waals surface area contributed by atoms with Crippen LogP contribution < -0.4 is 5.32 Å². The molecule has 3 heterocycles. The molecule has 0 amide bonds. The van der Waals surface area contributed by atoms with E-state index in [-0.39, 0.29) is 30.2 Å². The van der Waals surface area contributed by atoms with E-state index in [2.05, 4.69) is 25.5 Å². The number of rotatable bonds is 6. The van der Waals surface area contributed by atoms with Gasteiger partial charge in [-0.3, -0.25) is 0 Å². The van der Waals surface area contributed by atoms with E-state index in [1.165, 1.54) is 10.7 Å². The molecular weight excluding hydrogens is 409 g/mol. The van der Waals surface area contributed by atoms with Gasteiger partial charge < -0.3 is 9.84 Å². The lowest BCUT2D eigenvalue weighted by molar-refractivity contribution is -0.137. The summed E-state index contributed by atoms with van der Waals surface area (Å²) in [7, 11) is 1.85. The predicted molar refractivity (Wildman–Crippen MR) is 103 cm³/mol. The van der Waals surface area contributed by atoms with Crippen LogP contribution in [-0.4, -0.2) is 38.0 Å². The van der Waals surface area contributed by atoms with Crippen LogP contribution in [0.4, 0.5) is 13.2 Å². The molecule has 0 aliphatic heterocycles. The quantitative estimate of drug-likeness (QED) is 0.635. The molecule has 0 saturated heterocycles. The number of nitrogens with one attached hydrogen (secondary N) is 1. The first-order chi connectivity index (χ1) is 13.2. The van der Waals surface area contributed by atoms with Gasteiger partial charge in [-0.05, 0) is 32.0 Å². The number of pyridine rings is 1. The zero-order chi connectivity index (χ0) is 20.5. The fourth-order valence-corrected chi connectivity index (χ4v) is 2.76. The average molecular weight is 431 g/mol. The van der Waals surface area contributed by atoms with Crippen molar-refractivity contribution in [1.82, 2.24) is 30.2 Å². The summed E-state index contributed by atoms with van der Waals surface area (Å²) in [5, 5.41) is 11.4. The van der Waals surface area contributed by atoms with E-state index in [1.54, 1.807) is 6.20 Å². The highest BCUT2D eigenvalue weighted by Crippen LogP contribution is 2.31. The fraction of sp³-hybridized carbons (Fsp3) is 0.444. The van der Waals surface area contributed by atoms with E-state index in [1.807, 2.05) is 27.8 Å². The molecule has 29 heavy (non-hydrogen) atoms. The molecule has 7 nitrogen and oxygen atoms in total. The second-order valence-electron chi connectivity index (χ2n) is 6.82. The smallest absolute Gasteiger partial charge is 0.334 e. The van der Waals surface area contributed by atoms with E-state index < -0.39 is 11.7 Å². The summed E-state index contributed by atoms with van der Waals surface area (Å²) in [6, 6.07) is 2.46. The molecule has 0 aromatic carbocycles. The van der Waals surface area contributed by atoms with Crippen LogP contribution in [0.1, 0.15) is 43.8 Å². The molecule has 0 spiro atoms. The topological polar surface area (TPSA) is 81.7 Å². The van der Waals surface area contributed by atoms with Crippen molar-refractivity contribution in [1.29, 1.82) is 0 Å². The third kappa shape index (κ3) is 4.94. The van der Waals surface area contributed by atoms with Crippen molar-refractivity contribution in [3.05, 3.63) is 41.6 Å². The molecule has 0 fully saturated rings. The normalized spacial score (nSPS) is 12.8. The molecule has 3 aromatic heterocycles. The van der Waals surface area contributed by atoms with Crippen molar-refractivity contribution in [3.8, 4) is 17.3 Å². The van der Waals surface area contributed by atoms with Gasteiger partial charge in [0.2, 0.25) is 0 Å². The minimum absolute atomic E-state index is 0. The summed E-state index contributed by atoms with van der Waals surface area (Å²) in [4.78, 5) is 8.35. The van der Waals surface area contributed by atoms with Crippen molar-refractivity contribution in [2.75, 3.05) is 7.05 Å². The summed E-state index contributed by atoms with van der Waals surface area (Å²) < 4.78 is 45.2. The summed E-state index contributed by atoms with van der Waals surface area (Å²) in [5.74, 6) is 1.16. The summed E-state index contributed by atoms with van der Waals surface area (Å²) in [5.41, 5.74) is 0.548. The van der Waals surface area contributed by atoms with Crippen LogP contribution in [0.3, 0.4) is 0 Å². The monoisotopic (exact) mass is 430 g/mol. The van der Waals surface area contributed by atoms with Gasteiger partial charge in [0.15, 0.2) is 11.6 Å². The number of hydrogen-bond donors (Lipinski definition) is 1. The summed E-state index contributed by atoms with van der Waals surface area (Å²) in [6.45, 7) is 5.90. The Morgan fingerprint density at radius 1 is 1.17 bits per heavy atom. The third-order valence-electron chi connectivity index (χ3n) is 4.33. The Bertz CT molecular complexity index is 936. The highest BCUT2D eigenvalue weighted by molar-refractivity contribution is 5.85. The molecule has 0 radical (unpaired) electrons. The van der Waals surface area contributed by atoms with Crippen molar-refractivity contribution < 1.29 is 17.7 Å².